The van der Waals surface area contributed by atoms with E-state index in [9.17, 15) is 9.59 Å². The van der Waals surface area contributed by atoms with Gasteiger partial charge in [-0.15, -0.1) is 11.8 Å². The van der Waals surface area contributed by atoms with Crippen molar-refractivity contribution in [3.8, 4) is 0 Å². The van der Waals surface area contributed by atoms with Crippen LogP contribution in [-0.2, 0) is 14.3 Å². The Morgan fingerprint density at radius 3 is 2.60 bits per heavy atom. The second kappa shape index (κ2) is 9.44. The first-order chi connectivity index (χ1) is 11.9. The average molecular weight is 379 g/mol. The standard InChI is InChI=1S/C18H19ClN2O3S/c1-12-3-6-15(7-4-12)25-10-9-17(22)24-13(2)18(23)21-16-8-5-14(19)11-20-16/h3-8,11,13H,9-10H2,1-2H3,(H,20,21,23)/t13-/m0/s1. The topological polar surface area (TPSA) is 68.3 Å². The maximum Gasteiger partial charge on any atom is 0.307 e. The number of carbonyl (C=O) groups excluding carboxylic acids is 2. The number of esters is 1. The fourth-order valence-corrected chi connectivity index (χ4v) is 2.82. The van der Waals surface area contributed by atoms with Crippen molar-refractivity contribution in [2.45, 2.75) is 31.3 Å². The number of amides is 1. The molecule has 25 heavy (non-hydrogen) atoms. The minimum atomic E-state index is -0.894. The van der Waals surface area contributed by atoms with E-state index in [1.54, 1.807) is 23.9 Å². The monoisotopic (exact) mass is 378 g/mol. The number of ether oxygens (including phenoxy) is 1. The summed E-state index contributed by atoms with van der Waals surface area (Å²) in [7, 11) is 0. The van der Waals surface area contributed by atoms with Gasteiger partial charge in [-0.1, -0.05) is 29.3 Å². The zero-order valence-electron chi connectivity index (χ0n) is 14.0. The van der Waals surface area contributed by atoms with Gasteiger partial charge in [-0.3, -0.25) is 9.59 Å². The van der Waals surface area contributed by atoms with Gasteiger partial charge in [0.05, 0.1) is 11.4 Å². The third kappa shape index (κ3) is 6.76. The SMILES string of the molecule is Cc1ccc(SCCC(=O)O[C@@H](C)C(=O)Nc2ccc(Cl)cn2)cc1. The molecule has 132 valence electrons. The summed E-state index contributed by atoms with van der Waals surface area (Å²) in [6.45, 7) is 3.55. The number of carbonyl (C=O) groups is 2. The molecule has 0 aliphatic carbocycles. The highest BCUT2D eigenvalue weighted by molar-refractivity contribution is 7.99. The number of nitrogens with one attached hydrogen (secondary N) is 1. The van der Waals surface area contributed by atoms with Crippen molar-refractivity contribution in [3.05, 3.63) is 53.2 Å². The van der Waals surface area contributed by atoms with Crippen LogP contribution in [0, 0.1) is 6.92 Å². The van der Waals surface area contributed by atoms with Crippen molar-refractivity contribution >= 4 is 41.1 Å². The summed E-state index contributed by atoms with van der Waals surface area (Å²) in [5.41, 5.74) is 1.19. The first kappa shape index (κ1) is 19.3. The lowest BCUT2D eigenvalue weighted by Gasteiger charge is -2.13. The van der Waals surface area contributed by atoms with Crippen molar-refractivity contribution in [2.24, 2.45) is 0 Å². The van der Waals surface area contributed by atoms with E-state index in [0.717, 1.165) is 4.90 Å². The molecule has 2 aromatic rings. The molecule has 1 atom stereocenters. The predicted octanol–water partition coefficient (Wildman–Crippen LogP) is 4.10. The fourth-order valence-electron chi connectivity index (χ4n) is 1.87. The van der Waals surface area contributed by atoms with E-state index in [-0.39, 0.29) is 6.42 Å². The van der Waals surface area contributed by atoms with Crippen LogP contribution >= 0.6 is 23.4 Å². The summed E-state index contributed by atoms with van der Waals surface area (Å²) in [5, 5.41) is 3.05. The van der Waals surface area contributed by atoms with Crippen LogP contribution in [0.15, 0.2) is 47.5 Å². The van der Waals surface area contributed by atoms with Gasteiger partial charge in [0.2, 0.25) is 0 Å². The Balaban J connectivity index is 1.72. The minimum absolute atomic E-state index is 0.232. The molecule has 1 amide bonds. The number of thioether (sulfide) groups is 1. The van der Waals surface area contributed by atoms with Crippen LogP contribution in [0.1, 0.15) is 18.9 Å². The molecular weight excluding hydrogens is 360 g/mol. The maximum atomic E-state index is 12.0. The van der Waals surface area contributed by atoms with Crippen molar-refractivity contribution < 1.29 is 14.3 Å². The molecule has 1 aromatic carbocycles. The zero-order valence-corrected chi connectivity index (χ0v) is 15.6. The van der Waals surface area contributed by atoms with Crippen molar-refractivity contribution in [1.29, 1.82) is 0 Å². The fraction of sp³-hybridized carbons (Fsp3) is 0.278. The van der Waals surface area contributed by atoms with Crippen LogP contribution < -0.4 is 5.32 Å². The zero-order chi connectivity index (χ0) is 18.2. The molecule has 7 heteroatoms. The third-order valence-corrected chi connectivity index (χ3v) is 4.49. The summed E-state index contributed by atoms with van der Waals surface area (Å²) < 4.78 is 5.15. The third-order valence-electron chi connectivity index (χ3n) is 3.25. The molecule has 0 saturated carbocycles. The molecule has 0 aliphatic heterocycles. The molecule has 0 spiro atoms. The number of hydrogen-bond donors (Lipinski definition) is 1. The van der Waals surface area contributed by atoms with Crippen LogP contribution in [0.25, 0.3) is 0 Å². The highest BCUT2D eigenvalue weighted by Gasteiger charge is 2.18. The van der Waals surface area contributed by atoms with E-state index in [1.165, 1.54) is 18.7 Å². The molecule has 0 aliphatic rings. The normalized spacial score (nSPS) is 11.6. The number of aryl methyl sites for hydroxylation is 1. The van der Waals surface area contributed by atoms with Gasteiger partial charge in [0, 0.05) is 16.8 Å². The lowest BCUT2D eigenvalue weighted by molar-refractivity contribution is -0.152. The lowest BCUT2D eigenvalue weighted by Crippen LogP contribution is -2.30. The highest BCUT2D eigenvalue weighted by Crippen LogP contribution is 2.19. The molecule has 1 aromatic heterocycles. The van der Waals surface area contributed by atoms with Gasteiger partial charge in [-0.05, 0) is 38.1 Å². The van der Waals surface area contributed by atoms with Gasteiger partial charge in [0.15, 0.2) is 6.10 Å². The quantitative estimate of drug-likeness (QED) is 0.580. The van der Waals surface area contributed by atoms with Crippen LogP contribution in [0.3, 0.4) is 0 Å². The number of halogens is 1. The first-order valence-electron chi connectivity index (χ1n) is 7.75. The van der Waals surface area contributed by atoms with Gasteiger partial charge in [0.1, 0.15) is 5.82 Å². The average Bonchev–Trinajstić information content (AvgIpc) is 2.58. The molecule has 0 saturated heterocycles. The highest BCUT2D eigenvalue weighted by atomic mass is 35.5. The second-order valence-electron chi connectivity index (χ2n) is 5.39. The Morgan fingerprint density at radius 1 is 1.24 bits per heavy atom. The molecular formula is C18H19ClN2O3S. The van der Waals surface area contributed by atoms with E-state index in [1.807, 2.05) is 31.2 Å². The second-order valence-corrected chi connectivity index (χ2v) is 7.00. The lowest BCUT2D eigenvalue weighted by atomic mass is 10.2. The molecule has 2 rings (SSSR count). The molecule has 0 unspecified atom stereocenters. The Labute approximate surface area is 156 Å². The number of hydrogen-bond acceptors (Lipinski definition) is 5. The summed E-state index contributed by atoms with van der Waals surface area (Å²) in [4.78, 5) is 28.9. The number of aromatic nitrogens is 1. The molecule has 1 N–H and O–H groups in total. The van der Waals surface area contributed by atoms with Gasteiger partial charge >= 0.3 is 5.97 Å². The van der Waals surface area contributed by atoms with Crippen LogP contribution in [0.5, 0.6) is 0 Å². The first-order valence-corrected chi connectivity index (χ1v) is 9.12. The van der Waals surface area contributed by atoms with Crippen molar-refractivity contribution in [3.63, 3.8) is 0 Å². The largest absolute Gasteiger partial charge is 0.453 e. The number of rotatable bonds is 7. The van der Waals surface area contributed by atoms with Crippen LogP contribution in [0.2, 0.25) is 5.02 Å². The molecule has 1 heterocycles. The Bertz CT molecular complexity index is 720. The molecule has 0 fully saturated rings. The summed E-state index contributed by atoms with van der Waals surface area (Å²) in [5.74, 6) is 0.0996. The molecule has 0 bridgehead atoms. The van der Waals surface area contributed by atoms with Gasteiger partial charge in [-0.2, -0.15) is 0 Å². The summed E-state index contributed by atoms with van der Waals surface area (Å²) >= 11 is 7.31. The van der Waals surface area contributed by atoms with Crippen molar-refractivity contribution in [1.82, 2.24) is 4.98 Å². The number of nitrogens with zero attached hydrogens (tertiary/aromatic N) is 1. The summed E-state index contributed by atoms with van der Waals surface area (Å²) in [6, 6.07) is 11.3. The molecule has 5 nitrogen and oxygen atoms in total. The summed E-state index contributed by atoms with van der Waals surface area (Å²) in [6.07, 6.45) is 0.764. The van der Waals surface area contributed by atoms with E-state index >= 15 is 0 Å². The minimum Gasteiger partial charge on any atom is -0.453 e. The number of pyridine rings is 1. The molecule has 0 radical (unpaired) electrons. The van der Waals surface area contributed by atoms with E-state index in [0.29, 0.717) is 16.6 Å². The smallest absolute Gasteiger partial charge is 0.307 e. The Hall–Kier alpha value is -2.05. The van der Waals surface area contributed by atoms with Crippen molar-refractivity contribution in [2.75, 3.05) is 11.1 Å². The predicted molar refractivity (Wildman–Crippen MR) is 100.0 cm³/mol. The van der Waals surface area contributed by atoms with Gasteiger partial charge in [-0.25, -0.2) is 4.98 Å². The van der Waals surface area contributed by atoms with Crippen LogP contribution in [0.4, 0.5) is 5.82 Å². The van der Waals surface area contributed by atoms with Crippen LogP contribution in [-0.4, -0.2) is 28.7 Å². The van der Waals surface area contributed by atoms with E-state index in [2.05, 4.69) is 10.3 Å². The van der Waals surface area contributed by atoms with E-state index in [4.69, 9.17) is 16.3 Å². The Morgan fingerprint density at radius 2 is 1.96 bits per heavy atom. The number of benzene rings is 1. The number of anilines is 1. The van der Waals surface area contributed by atoms with E-state index < -0.39 is 18.0 Å². The maximum absolute atomic E-state index is 12.0. The Kier molecular flexibility index (Phi) is 7.28. The van der Waals surface area contributed by atoms with Gasteiger partial charge < -0.3 is 10.1 Å². The van der Waals surface area contributed by atoms with Gasteiger partial charge in [0.25, 0.3) is 5.91 Å².